The zero-order valence-corrected chi connectivity index (χ0v) is 8.45. The van der Waals surface area contributed by atoms with Gasteiger partial charge in [0.25, 0.3) is 0 Å². The molecule has 4 nitrogen and oxygen atoms in total. The summed E-state index contributed by atoms with van der Waals surface area (Å²) in [5.74, 6) is 0.704. The van der Waals surface area contributed by atoms with E-state index < -0.39 is 0 Å². The highest BCUT2D eigenvalue weighted by Gasteiger charge is 2.15. The van der Waals surface area contributed by atoms with Crippen LogP contribution in [0.4, 0.5) is 5.95 Å². The van der Waals surface area contributed by atoms with Gasteiger partial charge in [-0.3, -0.25) is 0 Å². The van der Waals surface area contributed by atoms with Crippen LogP contribution < -0.4 is 10.6 Å². The van der Waals surface area contributed by atoms with Gasteiger partial charge in [0, 0.05) is 19.3 Å². The van der Waals surface area contributed by atoms with Crippen molar-refractivity contribution in [3.8, 4) is 0 Å². The van der Waals surface area contributed by atoms with Crippen molar-refractivity contribution in [1.29, 1.82) is 0 Å². The maximum absolute atomic E-state index is 4.43. The molecule has 0 unspecified atom stereocenters. The number of rotatable bonds is 2. The standard InChI is InChI=1S/C10H16N4/c1-11-10-13-7-5-9(14-10)8-4-2-3-6-12-8/h5,7-8,12H,2-4,6H2,1H3,(H,11,13,14)/t8-/m0/s1. The van der Waals surface area contributed by atoms with Gasteiger partial charge in [0.05, 0.1) is 5.69 Å². The third kappa shape index (κ3) is 2.01. The molecule has 1 aliphatic heterocycles. The van der Waals surface area contributed by atoms with E-state index in [4.69, 9.17) is 0 Å². The second-order valence-corrected chi connectivity index (χ2v) is 3.56. The Labute approximate surface area is 84.2 Å². The molecule has 0 aromatic carbocycles. The first-order valence-electron chi connectivity index (χ1n) is 5.14. The lowest BCUT2D eigenvalue weighted by molar-refractivity contribution is 0.405. The number of nitrogens with one attached hydrogen (secondary N) is 2. The predicted molar refractivity (Wildman–Crippen MR) is 56.2 cm³/mol. The van der Waals surface area contributed by atoms with Crippen molar-refractivity contribution in [2.45, 2.75) is 25.3 Å². The van der Waals surface area contributed by atoms with Gasteiger partial charge in [0.1, 0.15) is 0 Å². The predicted octanol–water partition coefficient (Wildman–Crippen LogP) is 1.33. The lowest BCUT2D eigenvalue weighted by Gasteiger charge is -2.22. The molecule has 1 atom stereocenters. The van der Waals surface area contributed by atoms with E-state index in [-0.39, 0.29) is 0 Å². The van der Waals surface area contributed by atoms with Crippen LogP contribution in [0.25, 0.3) is 0 Å². The fraction of sp³-hybridized carbons (Fsp3) is 0.600. The van der Waals surface area contributed by atoms with Gasteiger partial charge < -0.3 is 10.6 Å². The highest BCUT2D eigenvalue weighted by Crippen LogP contribution is 2.21. The van der Waals surface area contributed by atoms with Crippen LogP contribution in [0.2, 0.25) is 0 Å². The van der Waals surface area contributed by atoms with Crippen LogP contribution in [-0.4, -0.2) is 23.6 Å². The molecular formula is C10H16N4. The Kier molecular flexibility index (Phi) is 2.93. The SMILES string of the molecule is CNc1nccc([C@@H]2CCCCN2)n1. The summed E-state index contributed by atoms with van der Waals surface area (Å²) in [6.07, 6.45) is 5.56. The van der Waals surface area contributed by atoms with Gasteiger partial charge in [-0.15, -0.1) is 0 Å². The van der Waals surface area contributed by atoms with E-state index in [1.165, 1.54) is 19.3 Å². The van der Waals surface area contributed by atoms with Crippen LogP contribution in [0.3, 0.4) is 0 Å². The molecule has 76 valence electrons. The first kappa shape index (κ1) is 9.40. The molecule has 1 saturated heterocycles. The summed E-state index contributed by atoms with van der Waals surface area (Å²) in [7, 11) is 1.84. The highest BCUT2D eigenvalue weighted by atomic mass is 15.1. The summed E-state index contributed by atoms with van der Waals surface area (Å²) in [5, 5.41) is 6.43. The lowest BCUT2D eigenvalue weighted by atomic mass is 10.0. The molecule has 2 N–H and O–H groups in total. The average Bonchev–Trinajstić information content (AvgIpc) is 2.30. The molecule has 0 amide bonds. The van der Waals surface area contributed by atoms with Gasteiger partial charge >= 0.3 is 0 Å². The number of aromatic nitrogens is 2. The zero-order valence-electron chi connectivity index (χ0n) is 8.45. The van der Waals surface area contributed by atoms with Gasteiger partial charge in [-0.2, -0.15) is 0 Å². The molecule has 0 saturated carbocycles. The van der Waals surface area contributed by atoms with Crippen molar-refractivity contribution < 1.29 is 0 Å². The van der Waals surface area contributed by atoms with E-state index in [1.807, 2.05) is 19.3 Å². The molecule has 1 fully saturated rings. The van der Waals surface area contributed by atoms with E-state index in [0.717, 1.165) is 12.2 Å². The monoisotopic (exact) mass is 192 g/mol. The van der Waals surface area contributed by atoms with E-state index in [2.05, 4.69) is 20.6 Å². The number of nitrogens with zero attached hydrogens (tertiary/aromatic N) is 2. The Morgan fingerprint density at radius 3 is 3.14 bits per heavy atom. The highest BCUT2D eigenvalue weighted by molar-refractivity contribution is 5.24. The smallest absolute Gasteiger partial charge is 0.222 e. The Bertz CT molecular complexity index is 294. The second-order valence-electron chi connectivity index (χ2n) is 3.56. The fourth-order valence-corrected chi connectivity index (χ4v) is 1.79. The van der Waals surface area contributed by atoms with Crippen molar-refractivity contribution in [1.82, 2.24) is 15.3 Å². The van der Waals surface area contributed by atoms with Crippen LogP contribution in [-0.2, 0) is 0 Å². The van der Waals surface area contributed by atoms with Gasteiger partial charge in [-0.05, 0) is 25.5 Å². The Morgan fingerprint density at radius 2 is 2.43 bits per heavy atom. The third-order valence-corrected chi connectivity index (χ3v) is 2.57. The zero-order chi connectivity index (χ0) is 9.80. The Balaban J connectivity index is 2.13. The lowest BCUT2D eigenvalue weighted by Crippen LogP contribution is -2.27. The van der Waals surface area contributed by atoms with E-state index in [0.29, 0.717) is 12.0 Å². The minimum atomic E-state index is 0.416. The maximum atomic E-state index is 4.43. The van der Waals surface area contributed by atoms with Gasteiger partial charge in [0.2, 0.25) is 5.95 Å². The van der Waals surface area contributed by atoms with E-state index in [9.17, 15) is 0 Å². The normalized spacial score (nSPS) is 21.9. The Hall–Kier alpha value is -1.16. The summed E-state index contributed by atoms with van der Waals surface area (Å²) >= 11 is 0. The number of hydrogen-bond acceptors (Lipinski definition) is 4. The number of hydrogen-bond donors (Lipinski definition) is 2. The molecule has 0 spiro atoms. The fourth-order valence-electron chi connectivity index (χ4n) is 1.79. The second kappa shape index (κ2) is 4.37. The third-order valence-electron chi connectivity index (χ3n) is 2.57. The van der Waals surface area contributed by atoms with Crippen molar-refractivity contribution in [3.05, 3.63) is 18.0 Å². The van der Waals surface area contributed by atoms with Crippen molar-refractivity contribution >= 4 is 5.95 Å². The van der Waals surface area contributed by atoms with Crippen molar-refractivity contribution in [2.24, 2.45) is 0 Å². The van der Waals surface area contributed by atoms with Crippen LogP contribution in [0.15, 0.2) is 12.3 Å². The van der Waals surface area contributed by atoms with Crippen LogP contribution in [0, 0.1) is 0 Å². The molecule has 14 heavy (non-hydrogen) atoms. The summed E-state index contributed by atoms with van der Waals surface area (Å²) < 4.78 is 0. The average molecular weight is 192 g/mol. The molecule has 0 aliphatic carbocycles. The van der Waals surface area contributed by atoms with Crippen LogP contribution in [0.1, 0.15) is 31.0 Å². The minimum absolute atomic E-state index is 0.416. The molecule has 4 heteroatoms. The van der Waals surface area contributed by atoms with Crippen LogP contribution >= 0.6 is 0 Å². The van der Waals surface area contributed by atoms with Gasteiger partial charge in [-0.25, -0.2) is 9.97 Å². The summed E-state index contributed by atoms with van der Waals surface area (Å²) in [6.45, 7) is 1.10. The first-order chi connectivity index (χ1) is 6.90. The van der Waals surface area contributed by atoms with E-state index in [1.54, 1.807) is 0 Å². The topological polar surface area (TPSA) is 49.8 Å². The molecule has 1 aromatic heterocycles. The molecular weight excluding hydrogens is 176 g/mol. The number of piperidine rings is 1. The van der Waals surface area contributed by atoms with Crippen LogP contribution in [0.5, 0.6) is 0 Å². The summed E-state index contributed by atoms with van der Waals surface area (Å²) in [6, 6.07) is 2.41. The molecule has 2 rings (SSSR count). The van der Waals surface area contributed by atoms with Crippen molar-refractivity contribution in [3.63, 3.8) is 0 Å². The quantitative estimate of drug-likeness (QED) is 0.742. The summed E-state index contributed by atoms with van der Waals surface area (Å²) in [5.41, 5.74) is 1.10. The molecule has 1 aromatic rings. The summed E-state index contributed by atoms with van der Waals surface area (Å²) in [4.78, 5) is 8.53. The molecule has 1 aliphatic rings. The number of anilines is 1. The maximum Gasteiger partial charge on any atom is 0.222 e. The molecule has 0 bridgehead atoms. The van der Waals surface area contributed by atoms with Crippen molar-refractivity contribution in [2.75, 3.05) is 18.9 Å². The largest absolute Gasteiger partial charge is 0.357 e. The van der Waals surface area contributed by atoms with E-state index >= 15 is 0 Å². The molecule has 2 heterocycles. The minimum Gasteiger partial charge on any atom is -0.357 e. The first-order valence-corrected chi connectivity index (χ1v) is 5.14. The molecule has 0 radical (unpaired) electrons. The van der Waals surface area contributed by atoms with Gasteiger partial charge in [-0.1, -0.05) is 6.42 Å². The Morgan fingerprint density at radius 1 is 1.50 bits per heavy atom. The van der Waals surface area contributed by atoms with Gasteiger partial charge in [0.15, 0.2) is 0 Å².